The molecule has 0 atom stereocenters. The molecule has 2 aliphatic heterocycles. The van der Waals surface area contributed by atoms with Gasteiger partial charge >= 0.3 is 0 Å². The number of carbonyl (C=O) groups is 1. The number of aliphatic imine (C=N–C) groups is 1. The molecule has 0 radical (unpaired) electrons. The van der Waals surface area contributed by atoms with Crippen LogP contribution in [-0.2, 0) is 4.79 Å². The molecule has 0 saturated carbocycles. The van der Waals surface area contributed by atoms with Crippen LogP contribution < -0.4 is 14.2 Å². The molecule has 31 heavy (non-hydrogen) atoms. The average molecular weight is 457 g/mol. The van der Waals surface area contributed by atoms with Gasteiger partial charge in [-0.3, -0.25) is 10.2 Å². The van der Waals surface area contributed by atoms with Gasteiger partial charge in [0, 0.05) is 5.56 Å². The molecule has 10 heteroatoms. The minimum absolute atomic E-state index is 0.0849. The van der Waals surface area contributed by atoms with Crippen molar-refractivity contribution >= 4 is 51.4 Å². The van der Waals surface area contributed by atoms with Gasteiger partial charge in [-0.05, 0) is 41.6 Å². The zero-order valence-electron chi connectivity index (χ0n) is 16.8. The van der Waals surface area contributed by atoms with Crippen molar-refractivity contribution in [3.63, 3.8) is 0 Å². The number of hydrazone groups is 1. The van der Waals surface area contributed by atoms with Crippen molar-refractivity contribution in [1.29, 1.82) is 5.41 Å². The minimum Gasteiger partial charge on any atom is -0.493 e. The molecular formula is C21H17ClN4O4S. The van der Waals surface area contributed by atoms with Gasteiger partial charge in [-0.1, -0.05) is 29.8 Å². The Morgan fingerprint density at radius 3 is 2.39 bits per heavy atom. The third kappa shape index (κ3) is 3.77. The van der Waals surface area contributed by atoms with E-state index < -0.39 is 5.91 Å². The second-order valence-electron chi connectivity index (χ2n) is 6.36. The summed E-state index contributed by atoms with van der Waals surface area (Å²) in [7, 11) is 4.52. The molecule has 0 bridgehead atoms. The highest BCUT2D eigenvalue weighted by molar-refractivity contribution is 8.27. The van der Waals surface area contributed by atoms with Crippen molar-refractivity contribution in [3.05, 3.63) is 58.1 Å². The maximum Gasteiger partial charge on any atom is 0.283 e. The number of nitrogens with zero attached hydrogens (tertiary/aromatic N) is 3. The number of rotatable bonds is 5. The molecule has 158 valence electrons. The number of methoxy groups -OCH3 is 3. The van der Waals surface area contributed by atoms with Crippen LogP contribution in [-0.4, -0.2) is 48.3 Å². The fourth-order valence-corrected chi connectivity index (χ4v) is 4.30. The van der Waals surface area contributed by atoms with Crippen molar-refractivity contribution in [3.8, 4) is 17.2 Å². The van der Waals surface area contributed by atoms with Crippen LogP contribution in [0.25, 0.3) is 6.08 Å². The third-order valence-corrected chi connectivity index (χ3v) is 5.83. The number of amidine groups is 2. The van der Waals surface area contributed by atoms with Gasteiger partial charge in [0.05, 0.1) is 31.9 Å². The van der Waals surface area contributed by atoms with Crippen LogP contribution in [0.4, 0.5) is 0 Å². The largest absolute Gasteiger partial charge is 0.493 e. The van der Waals surface area contributed by atoms with E-state index in [0.717, 1.165) is 0 Å². The molecular weight excluding hydrogens is 440 g/mol. The standard InChI is InChI=1S/C21H17ClN4O4S/c1-28-15-9-11(10-16(29-2)17(15)30-3)8-13-18(23)26-21(24-19(13)27)31-20(25-26)12-6-4-5-7-14(12)22/h4-10,23H,1-3H3/b13-8-,23-18?. The number of hydrogen-bond acceptors (Lipinski definition) is 7. The summed E-state index contributed by atoms with van der Waals surface area (Å²) < 4.78 is 16.0. The summed E-state index contributed by atoms with van der Waals surface area (Å²) in [5, 5.41) is 15.7. The number of nitrogens with one attached hydrogen (secondary N) is 1. The second kappa shape index (κ2) is 8.44. The lowest BCUT2D eigenvalue weighted by atomic mass is 10.1. The molecule has 8 nitrogen and oxygen atoms in total. The predicted molar refractivity (Wildman–Crippen MR) is 122 cm³/mol. The van der Waals surface area contributed by atoms with E-state index in [-0.39, 0.29) is 11.4 Å². The molecule has 2 aliphatic rings. The Labute approximate surface area is 187 Å². The summed E-state index contributed by atoms with van der Waals surface area (Å²) in [4.78, 5) is 16.8. The molecule has 0 aliphatic carbocycles. The van der Waals surface area contributed by atoms with Crippen molar-refractivity contribution in [2.24, 2.45) is 10.1 Å². The smallest absolute Gasteiger partial charge is 0.283 e. The van der Waals surface area contributed by atoms with E-state index in [1.807, 2.05) is 18.2 Å². The Morgan fingerprint density at radius 1 is 1.10 bits per heavy atom. The topological polar surface area (TPSA) is 96.6 Å². The van der Waals surface area contributed by atoms with Crippen molar-refractivity contribution in [2.45, 2.75) is 0 Å². The first-order valence-corrected chi connectivity index (χ1v) is 10.2. The summed E-state index contributed by atoms with van der Waals surface area (Å²) >= 11 is 7.46. The van der Waals surface area contributed by atoms with Crippen molar-refractivity contribution in [2.75, 3.05) is 21.3 Å². The molecule has 2 aromatic carbocycles. The summed E-state index contributed by atoms with van der Waals surface area (Å²) in [6.07, 6.45) is 1.54. The Balaban J connectivity index is 1.73. The number of thioether (sulfide) groups is 1. The number of halogens is 1. The molecule has 4 rings (SSSR count). The molecule has 0 spiro atoms. The van der Waals surface area contributed by atoms with Crippen LogP contribution in [0.3, 0.4) is 0 Å². The van der Waals surface area contributed by atoms with E-state index in [9.17, 15) is 4.79 Å². The highest BCUT2D eigenvalue weighted by Crippen LogP contribution is 2.39. The summed E-state index contributed by atoms with van der Waals surface area (Å²) in [5.41, 5.74) is 1.38. The average Bonchev–Trinajstić information content (AvgIpc) is 3.19. The second-order valence-corrected chi connectivity index (χ2v) is 7.73. The molecule has 2 aromatic rings. The van der Waals surface area contributed by atoms with Crippen molar-refractivity contribution in [1.82, 2.24) is 5.01 Å². The van der Waals surface area contributed by atoms with Gasteiger partial charge in [-0.25, -0.2) is 0 Å². The predicted octanol–water partition coefficient (Wildman–Crippen LogP) is 4.03. The first-order chi connectivity index (χ1) is 15.0. The minimum atomic E-state index is -0.534. The number of fused-ring (bicyclic) bond motifs is 1. The molecule has 1 N–H and O–H groups in total. The maximum absolute atomic E-state index is 12.7. The Hall–Kier alpha value is -3.30. The molecule has 0 unspecified atom stereocenters. The van der Waals surface area contributed by atoms with Crippen LogP contribution in [0.15, 0.2) is 52.1 Å². The van der Waals surface area contributed by atoms with Crippen molar-refractivity contribution < 1.29 is 19.0 Å². The summed E-state index contributed by atoms with van der Waals surface area (Å²) in [6.45, 7) is 0. The lowest BCUT2D eigenvalue weighted by Gasteiger charge is -2.20. The zero-order valence-corrected chi connectivity index (χ0v) is 18.4. The van der Waals surface area contributed by atoms with Gasteiger partial charge in [0.15, 0.2) is 17.3 Å². The lowest BCUT2D eigenvalue weighted by Crippen LogP contribution is -2.35. The van der Waals surface area contributed by atoms with E-state index in [4.69, 9.17) is 31.2 Å². The fourth-order valence-electron chi connectivity index (χ4n) is 3.09. The van der Waals surface area contributed by atoms with E-state index >= 15 is 0 Å². The summed E-state index contributed by atoms with van der Waals surface area (Å²) in [6, 6.07) is 10.6. The van der Waals surface area contributed by atoms with Gasteiger partial charge < -0.3 is 14.2 Å². The number of benzene rings is 2. The first kappa shape index (κ1) is 21.0. The highest BCUT2D eigenvalue weighted by Gasteiger charge is 2.36. The van der Waals surface area contributed by atoms with E-state index in [2.05, 4.69) is 10.1 Å². The van der Waals surface area contributed by atoms with Crippen LogP contribution in [0.1, 0.15) is 11.1 Å². The number of hydrogen-bond donors (Lipinski definition) is 1. The van der Waals surface area contributed by atoms with Crippen LogP contribution in [0.5, 0.6) is 17.2 Å². The highest BCUT2D eigenvalue weighted by atomic mass is 35.5. The van der Waals surface area contributed by atoms with Gasteiger partial charge in [0.2, 0.25) is 10.9 Å². The molecule has 2 heterocycles. The number of ether oxygens (including phenoxy) is 3. The molecule has 0 saturated heterocycles. The molecule has 0 fully saturated rings. The van der Waals surface area contributed by atoms with Crippen LogP contribution in [0.2, 0.25) is 5.02 Å². The summed E-state index contributed by atoms with van der Waals surface area (Å²) in [5.74, 6) is 0.681. The third-order valence-electron chi connectivity index (χ3n) is 4.56. The monoisotopic (exact) mass is 456 g/mol. The number of amides is 1. The Kier molecular flexibility index (Phi) is 5.71. The zero-order chi connectivity index (χ0) is 22.1. The van der Waals surface area contributed by atoms with E-state index in [1.165, 1.54) is 38.1 Å². The first-order valence-electron chi connectivity index (χ1n) is 9.02. The Morgan fingerprint density at radius 2 is 1.77 bits per heavy atom. The lowest BCUT2D eigenvalue weighted by molar-refractivity contribution is -0.114. The Bertz CT molecular complexity index is 1170. The molecule has 1 amide bonds. The normalized spacial score (nSPS) is 16.8. The fraction of sp³-hybridized carbons (Fsp3) is 0.143. The van der Waals surface area contributed by atoms with E-state index in [0.29, 0.717) is 43.6 Å². The van der Waals surface area contributed by atoms with Gasteiger partial charge in [-0.2, -0.15) is 15.1 Å². The number of carbonyl (C=O) groups excluding carboxylic acids is 1. The maximum atomic E-state index is 12.7. The van der Waals surface area contributed by atoms with E-state index in [1.54, 1.807) is 24.3 Å². The van der Waals surface area contributed by atoms with Gasteiger partial charge in [-0.15, -0.1) is 0 Å². The van der Waals surface area contributed by atoms with Crippen LogP contribution >= 0.6 is 23.4 Å². The van der Waals surface area contributed by atoms with Gasteiger partial charge in [0.1, 0.15) is 5.04 Å². The molecule has 0 aromatic heterocycles. The quantitative estimate of drug-likeness (QED) is 0.682. The van der Waals surface area contributed by atoms with Crippen LogP contribution in [0, 0.1) is 5.41 Å². The SMILES string of the molecule is COc1cc(/C=C2/C(=N)N3N=C(c4ccccc4Cl)SC3=NC2=O)cc(OC)c1OC. The van der Waals surface area contributed by atoms with Gasteiger partial charge in [0.25, 0.3) is 5.91 Å².